The fraction of sp³-hybridized carbons (Fsp3) is 0.722. The predicted octanol–water partition coefficient (Wildman–Crippen LogP) is 2.02. The third kappa shape index (κ3) is 3.22. The molecule has 3 fully saturated rings. The third-order valence-electron chi connectivity index (χ3n) is 5.57. The van der Waals surface area contributed by atoms with Gasteiger partial charge in [0.2, 0.25) is 0 Å². The molecule has 2 saturated heterocycles. The molecule has 5 rings (SSSR count). The molecule has 0 spiro atoms. The van der Waals surface area contributed by atoms with Gasteiger partial charge in [0, 0.05) is 31.5 Å². The van der Waals surface area contributed by atoms with Gasteiger partial charge in [0.15, 0.2) is 11.5 Å². The molecule has 0 aromatic carbocycles. The fourth-order valence-corrected chi connectivity index (χ4v) is 3.80. The highest BCUT2D eigenvalue weighted by Crippen LogP contribution is 2.38. The zero-order valence-corrected chi connectivity index (χ0v) is 14.5. The number of anilines is 1. The maximum absolute atomic E-state index is 6.12. The highest BCUT2D eigenvalue weighted by atomic mass is 16.5. The van der Waals surface area contributed by atoms with Crippen molar-refractivity contribution in [3.8, 4) is 0 Å². The molecule has 1 atom stereocenters. The van der Waals surface area contributed by atoms with Crippen molar-refractivity contribution in [2.24, 2.45) is 5.92 Å². The van der Waals surface area contributed by atoms with Gasteiger partial charge in [-0.1, -0.05) is 0 Å². The van der Waals surface area contributed by atoms with E-state index >= 15 is 0 Å². The average Bonchev–Trinajstić information content (AvgIpc) is 3.20. The molecule has 25 heavy (non-hydrogen) atoms. The van der Waals surface area contributed by atoms with Crippen molar-refractivity contribution < 1.29 is 9.47 Å². The van der Waals surface area contributed by atoms with E-state index in [-0.39, 0.29) is 0 Å². The smallest absolute Gasteiger partial charge is 0.178 e. The summed E-state index contributed by atoms with van der Waals surface area (Å²) in [5.41, 5.74) is 0.850. The first-order chi connectivity index (χ1) is 12.4. The summed E-state index contributed by atoms with van der Waals surface area (Å²) in [6.07, 6.45) is 6.06. The molecule has 2 aliphatic heterocycles. The van der Waals surface area contributed by atoms with Crippen molar-refractivity contribution in [3.05, 3.63) is 18.0 Å². The molecule has 4 heterocycles. The summed E-state index contributed by atoms with van der Waals surface area (Å²) in [4.78, 5) is 2.36. The summed E-state index contributed by atoms with van der Waals surface area (Å²) in [5.74, 6) is 3.19. The van der Waals surface area contributed by atoms with E-state index in [0.29, 0.717) is 17.9 Å². The topological polar surface area (TPSA) is 64.8 Å². The van der Waals surface area contributed by atoms with Crippen LogP contribution in [0.4, 0.5) is 5.82 Å². The molecule has 1 aliphatic carbocycles. The van der Waals surface area contributed by atoms with Crippen LogP contribution in [0, 0.1) is 5.92 Å². The lowest BCUT2D eigenvalue weighted by atomic mass is 10.1. The van der Waals surface area contributed by atoms with Crippen LogP contribution in [0.3, 0.4) is 0 Å². The van der Waals surface area contributed by atoms with Gasteiger partial charge in [-0.15, -0.1) is 15.3 Å². The zero-order chi connectivity index (χ0) is 16.6. The Labute approximate surface area is 147 Å². The number of rotatable bonds is 5. The average molecular weight is 343 g/mol. The molecule has 7 nitrogen and oxygen atoms in total. The lowest BCUT2D eigenvalue weighted by Crippen LogP contribution is -2.38. The predicted molar refractivity (Wildman–Crippen MR) is 92.9 cm³/mol. The van der Waals surface area contributed by atoms with Gasteiger partial charge in [0.1, 0.15) is 5.82 Å². The molecule has 0 N–H and O–H groups in total. The second-order valence-corrected chi connectivity index (χ2v) is 7.54. The van der Waals surface area contributed by atoms with Crippen molar-refractivity contribution >= 4 is 11.5 Å². The first-order valence-electron chi connectivity index (χ1n) is 9.53. The maximum Gasteiger partial charge on any atom is 0.178 e. The van der Waals surface area contributed by atoms with Gasteiger partial charge >= 0.3 is 0 Å². The van der Waals surface area contributed by atoms with Crippen LogP contribution in [0.1, 0.15) is 43.8 Å². The van der Waals surface area contributed by atoms with Gasteiger partial charge in [0.05, 0.1) is 19.3 Å². The highest BCUT2D eigenvalue weighted by molar-refractivity contribution is 5.46. The largest absolute Gasteiger partial charge is 0.381 e. The zero-order valence-electron chi connectivity index (χ0n) is 14.5. The Hall–Kier alpha value is -1.73. The van der Waals surface area contributed by atoms with Gasteiger partial charge in [-0.05, 0) is 44.2 Å². The second kappa shape index (κ2) is 6.53. The number of hydrogen-bond donors (Lipinski definition) is 0. The van der Waals surface area contributed by atoms with E-state index in [9.17, 15) is 0 Å². The fourth-order valence-electron chi connectivity index (χ4n) is 3.80. The summed E-state index contributed by atoms with van der Waals surface area (Å²) in [6, 6.07) is 4.10. The van der Waals surface area contributed by atoms with E-state index in [0.717, 1.165) is 69.5 Å². The summed E-state index contributed by atoms with van der Waals surface area (Å²) in [7, 11) is 0. The van der Waals surface area contributed by atoms with Crippen molar-refractivity contribution in [2.45, 2.75) is 44.1 Å². The van der Waals surface area contributed by atoms with Crippen LogP contribution in [0.2, 0.25) is 0 Å². The Morgan fingerprint density at radius 1 is 1.08 bits per heavy atom. The monoisotopic (exact) mass is 343 g/mol. The standard InChI is InChI=1S/C18H25N5O2/c1-2-14(1)18-20-19-16-3-4-17(21-23(16)18)22-8-5-15(6-9-22)25-12-13-7-10-24-11-13/h3-4,13-15H,1-2,5-12H2. The Kier molecular flexibility index (Phi) is 4.06. The van der Waals surface area contributed by atoms with Crippen molar-refractivity contribution in [1.82, 2.24) is 19.8 Å². The SMILES string of the molecule is c1cc2nnc(C3CC3)n2nc1N1CCC(OCC2CCOC2)CC1. The van der Waals surface area contributed by atoms with Gasteiger partial charge in [-0.25, -0.2) is 0 Å². The molecule has 3 aliphatic rings. The Bertz CT molecular complexity index is 730. The van der Waals surface area contributed by atoms with E-state index in [1.165, 1.54) is 12.8 Å². The quantitative estimate of drug-likeness (QED) is 0.828. The summed E-state index contributed by atoms with van der Waals surface area (Å²) in [6.45, 7) is 4.59. The number of aromatic nitrogens is 4. The first-order valence-corrected chi connectivity index (χ1v) is 9.53. The highest BCUT2D eigenvalue weighted by Gasteiger charge is 2.30. The van der Waals surface area contributed by atoms with Gasteiger partial charge < -0.3 is 14.4 Å². The number of ether oxygens (including phenoxy) is 2. The molecule has 0 amide bonds. The Morgan fingerprint density at radius 3 is 2.72 bits per heavy atom. The molecular weight excluding hydrogens is 318 g/mol. The molecule has 1 saturated carbocycles. The first kappa shape index (κ1) is 15.5. The molecule has 7 heteroatoms. The number of fused-ring (bicyclic) bond motifs is 1. The summed E-state index contributed by atoms with van der Waals surface area (Å²) in [5, 5.41) is 13.4. The lowest BCUT2D eigenvalue weighted by molar-refractivity contribution is 0.0131. The minimum Gasteiger partial charge on any atom is -0.381 e. The van der Waals surface area contributed by atoms with Crippen molar-refractivity contribution in [2.75, 3.05) is 37.8 Å². The normalized spacial score (nSPS) is 25.1. The van der Waals surface area contributed by atoms with E-state index in [1.807, 2.05) is 10.6 Å². The lowest BCUT2D eigenvalue weighted by Gasteiger charge is -2.33. The van der Waals surface area contributed by atoms with E-state index in [4.69, 9.17) is 14.6 Å². The molecule has 1 unspecified atom stereocenters. The van der Waals surface area contributed by atoms with Crippen LogP contribution in [-0.4, -0.2) is 58.8 Å². The van der Waals surface area contributed by atoms with Crippen LogP contribution < -0.4 is 4.90 Å². The number of hydrogen-bond acceptors (Lipinski definition) is 6. The molecule has 0 bridgehead atoms. The summed E-state index contributed by atoms with van der Waals surface area (Å²) < 4.78 is 13.5. The minimum atomic E-state index is 0.373. The van der Waals surface area contributed by atoms with Crippen LogP contribution in [0.25, 0.3) is 5.65 Å². The molecule has 2 aromatic heterocycles. The molecular formula is C18H25N5O2. The molecule has 2 aromatic rings. The van der Waals surface area contributed by atoms with Gasteiger partial charge in [0.25, 0.3) is 0 Å². The molecule has 0 radical (unpaired) electrons. The van der Waals surface area contributed by atoms with Crippen LogP contribution in [0.5, 0.6) is 0 Å². The molecule has 134 valence electrons. The van der Waals surface area contributed by atoms with E-state index < -0.39 is 0 Å². The Balaban J connectivity index is 1.21. The second-order valence-electron chi connectivity index (χ2n) is 7.54. The maximum atomic E-state index is 6.12. The third-order valence-corrected chi connectivity index (χ3v) is 5.57. The van der Waals surface area contributed by atoms with Crippen LogP contribution >= 0.6 is 0 Å². The number of nitrogens with zero attached hydrogens (tertiary/aromatic N) is 5. The number of piperidine rings is 1. The van der Waals surface area contributed by atoms with E-state index in [1.54, 1.807) is 0 Å². The Morgan fingerprint density at radius 2 is 1.96 bits per heavy atom. The van der Waals surface area contributed by atoms with Crippen molar-refractivity contribution in [3.63, 3.8) is 0 Å². The minimum absolute atomic E-state index is 0.373. The van der Waals surface area contributed by atoms with Crippen LogP contribution in [0.15, 0.2) is 12.1 Å². The van der Waals surface area contributed by atoms with E-state index in [2.05, 4.69) is 21.2 Å². The summed E-state index contributed by atoms with van der Waals surface area (Å²) >= 11 is 0. The van der Waals surface area contributed by atoms with Crippen LogP contribution in [-0.2, 0) is 9.47 Å². The van der Waals surface area contributed by atoms with Crippen molar-refractivity contribution in [1.29, 1.82) is 0 Å². The van der Waals surface area contributed by atoms with Gasteiger partial charge in [-0.2, -0.15) is 4.52 Å². The van der Waals surface area contributed by atoms with Gasteiger partial charge in [-0.3, -0.25) is 0 Å².